The molecule has 1 spiro atoms. The molecule has 19 heavy (non-hydrogen) atoms. The van der Waals surface area contributed by atoms with Crippen LogP contribution < -0.4 is 0 Å². The summed E-state index contributed by atoms with van der Waals surface area (Å²) in [7, 11) is 1.87. The van der Waals surface area contributed by atoms with Crippen LogP contribution in [-0.4, -0.2) is 56.1 Å². The summed E-state index contributed by atoms with van der Waals surface area (Å²) in [6.07, 6.45) is 4.58. The van der Waals surface area contributed by atoms with Gasteiger partial charge in [-0.3, -0.25) is 4.79 Å². The van der Waals surface area contributed by atoms with Crippen molar-refractivity contribution in [2.24, 2.45) is 0 Å². The van der Waals surface area contributed by atoms with Crippen molar-refractivity contribution < 1.29 is 19.0 Å². The van der Waals surface area contributed by atoms with Crippen LogP contribution in [0.5, 0.6) is 0 Å². The summed E-state index contributed by atoms with van der Waals surface area (Å²) < 4.78 is 16.7. The Morgan fingerprint density at radius 2 is 1.95 bits per heavy atom. The van der Waals surface area contributed by atoms with E-state index >= 15 is 0 Å². The highest BCUT2D eigenvalue weighted by Crippen LogP contribution is 2.37. The number of carbonyl (C=O) groups excluding carboxylic acids is 1. The second-order valence-electron chi connectivity index (χ2n) is 5.40. The van der Waals surface area contributed by atoms with Crippen molar-refractivity contribution in [1.82, 2.24) is 4.90 Å². The van der Waals surface area contributed by atoms with Crippen molar-refractivity contribution in [1.29, 1.82) is 0 Å². The van der Waals surface area contributed by atoms with Gasteiger partial charge in [-0.05, 0) is 19.3 Å². The van der Waals surface area contributed by atoms with E-state index in [4.69, 9.17) is 14.2 Å². The first-order chi connectivity index (χ1) is 9.17. The summed E-state index contributed by atoms with van der Waals surface area (Å²) in [6, 6.07) is 0.288. The average Bonchev–Trinajstić information content (AvgIpc) is 2.87. The fourth-order valence-corrected chi connectivity index (χ4v) is 2.82. The maximum absolute atomic E-state index is 12.0. The highest BCUT2D eigenvalue weighted by Gasteiger charge is 2.41. The number of rotatable bonds is 5. The number of likely N-dealkylation sites (N-methyl/N-ethyl adjacent to an activating group) is 1. The Balaban J connectivity index is 1.75. The summed E-state index contributed by atoms with van der Waals surface area (Å²) in [5.41, 5.74) is 0. The van der Waals surface area contributed by atoms with E-state index < -0.39 is 0 Å². The van der Waals surface area contributed by atoms with Gasteiger partial charge in [-0.15, -0.1) is 0 Å². The molecule has 0 atom stereocenters. The van der Waals surface area contributed by atoms with Crippen LogP contribution >= 0.6 is 0 Å². The van der Waals surface area contributed by atoms with Crippen molar-refractivity contribution >= 4 is 5.91 Å². The van der Waals surface area contributed by atoms with Crippen molar-refractivity contribution in [3.63, 3.8) is 0 Å². The molecular weight excluding hydrogens is 246 g/mol. The Labute approximate surface area is 115 Å². The first-order valence-electron chi connectivity index (χ1n) is 7.28. The minimum absolute atomic E-state index is 0.0719. The molecule has 2 aliphatic rings. The molecule has 2 rings (SSSR count). The monoisotopic (exact) mass is 271 g/mol. The summed E-state index contributed by atoms with van der Waals surface area (Å²) in [5.74, 6) is -0.276. The molecule has 5 nitrogen and oxygen atoms in total. The van der Waals surface area contributed by atoms with Gasteiger partial charge in [0.15, 0.2) is 5.79 Å². The number of hydrogen-bond acceptors (Lipinski definition) is 4. The average molecular weight is 271 g/mol. The molecule has 2 fully saturated rings. The van der Waals surface area contributed by atoms with E-state index in [0.717, 1.165) is 32.1 Å². The number of hydrogen-bond donors (Lipinski definition) is 0. The maximum Gasteiger partial charge on any atom is 0.248 e. The van der Waals surface area contributed by atoms with Gasteiger partial charge in [0, 0.05) is 32.5 Å². The summed E-state index contributed by atoms with van der Waals surface area (Å²) in [5, 5.41) is 0. The lowest BCUT2D eigenvalue weighted by Gasteiger charge is -2.39. The summed E-state index contributed by atoms with van der Waals surface area (Å²) in [6.45, 7) is 4.28. The molecule has 1 saturated carbocycles. The van der Waals surface area contributed by atoms with E-state index in [-0.39, 0.29) is 24.3 Å². The third-order valence-electron chi connectivity index (χ3n) is 4.05. The van der Waals surface area contributed by atoms with Crippen LogP contribution in [0.1, 0.15) is 39.0 Å². The van der Waals surface area contributed by atoms with Gasteiger partial charge in [0.2, 0.25) is 5.91 Å². The molecule has 0 aromatic heterocycles. The molecule has 0 aromatic rings. The Morgan fingerprint density at radius 3 is 2.53 bits per heavy atom. The van der Waals surface area contributed by atoms with Crippen molar-refractivity contribution in [2.75, 3.05) is 33.5 Å². The van der Waals surface area contributed by atoms with Crippen LogP contribution in [0.15, 0.2) is 0 Å². The van der Waals surface area contributed by atoms with Crippen LogP contribution in [0.2, 0.25) is 0 Å². The van der Waals surface area contributed by atoms with E-state index in [1.807, 2.05) is 18.9 Å². The lowest BCUT2D eigenvalue weighted by atomic mass is 9.89. The highest BCUT2D eigenvalue weighted by atomic mass is 16.7. The summed E-state index contributed by atoms with van der Waals surface area (Å²) in [4.78, 5) is 13.8. The Bertz CT molecular complexity index is 292. The quantitative estimate of drug-likeness (QED) is 0.712. The molecule has 110 valence electrons. The third-order valence-corrected chi connectivity index (χ3v) is 4.05. The minimum atomic E-state index is -0.348. The lowest BCUT2D eigenvalue weighted by molar-refractivity contribution is -0.185. The minimum Gasteiger partial charge on any atom is -0.372 e. The standard InChI is InChI=1S/C14H25NO4/c1-3-8-17-11-13(16)15(2)12-4-6-14(7-5-12)18-9-10-19-14/h12H,3-11H2,1-2H3. The Hall–Kier alpha value is -0.650. The largest absolute Gasteiger partial charge is 0.372 e. The molecule has 1 aliphatic heterocycles. The van der Waals surface area contributed by atoms with Crippen LogP contribution in [-0.2, 0) is 19.0 Å². The van der Waals surface area contributed by atoms with Gasteiger partial charge < -0.3 is 19.1 Å². The van der Waals surface area contributed by atoms with Crippen LogP contribution in [0, 0.1) is 0 Å². The van der Waals surface area contributed by atoms with Crippen molar-refractivity contribution in [2.45, 2.75) is 50.9 Å². The van der Waals surface area contributed by atoms with Gasteiger partial charge in [-0.2, -0.15) is 0 Å². The third kappa shape index (κ3) is 3.68. The van der Waals surface area contributed by atoms with Gasteiger partial charge >= 0.3 is 0 Å². The predicted molar refractivity (Wildman–Crippen MR) is 70.8 cm³/mol. The first-order valence-corrected chi connectivity index (χ1v) is 7.28. The predicted octanol–water partition coefficient (Wildman–Crippen LogP) is 1.56. The van der Waals surface area contributed by atoms with E-state index in [1.165, 1.54) is 0 Å². The number of nitrogens with zero attached hydrogens (tertiary/aromatic N) is 1. The number of carbonyl (C=O) groups is 1. The SMILES string of the molecule is CCCOCC(=O)N(C)C1CCC2(CC1)OCCO2. The zero-order valence-corrected chi connectivity index (χ0v) is 12.0. The molecule has 1 aliphatic carbocycles. The van der Waals surface area contributed by atoms with E-state index in [1.54, 1.807) is 0 Å². The maximum atomic E-state index is 12.0. The fraction of sp³-hybridized carbons (Fsp3) is 0.929. The second kappa shape index (κ2) is 6.68. The molecule has 0 bridgehead atoms. The molecule has 1 heterocycles. The van der Waals surface area contributed by atoms with Gasteiger partial charge in [-0.1, -0.05) is 6.92 Å². The van der Waals surface area contributed by atoms with E-state index in [2.05, 4.69) is 0 Å². The molecule has 5 heteroatoms. The van der Waals surface area contributed by atoms with Crippen LogP contribution in [0.3, 0.4) is 0 Å². The normalized spacial score (nSPS) is 22.8. The van der Waals surface area contributed by atoms with Gasteiger partial charge in [0.25, 0.3) is 0 Å². The van der Waals surface area contributed by atoms with Crippen LogP contribution in [0.25, 0.3) is 0 Å². The van der Waals surface area contributed by atoms with E-state index in [0.29, 0.717) is 19.8 Å². The lowest BCUT2D eigenvalue weighted by Crippen LogP contribution is -2.45. The molecule has 1 saturated heterocycles. The molecule has 0 aromatic carbocycles. The Morgan fingerprint density at radius 1 is 1.32 bits per heavy atom. The van der Waals surface area contributed by atoms with Crippen molar-refractivity contribution in [3.8, 4) is 0 Å². The van der Waals surface area contributed by atoms with Crippen molar-refractivity contribution in [3.05, 3.63) is 0 Å². The molecule has 0 N–H and O–H groups in total. The molecule has 0 unspecified atom stereocenters. The molecular formula is C14H25NO4. The second-order valence-corrected chi connectivity index (χ2v) is 5.40. The zero-order chi connectivity index (χ0) is 13.7. The molecule has 0 radical (unpaired) electrons. The molecule has 1 amide bonds. The zero-order valence-electron chi connectivity index (χ0n) is 12.0. The van der Waals surface area contributed by atoms with Crippen LogP contribution in [0.4, 0.5) is 0 Å². The van der Waals surface area contributed by atoms with Gasteiger partial charge in [-0.25, -0.2) is 0 Å². The smallest absolute Gasteiger partial charge is 0.248 e. The van der Waals surface area contributed by atoms with E-state index in [9.17, 15) is 4.79 Å². The summed E-state index contributed by atoms with van der Waals surface area (Å²) >= 11 is 0. The Kier molecular flexibility index (Phi) is 5.19. The van der Waals surface area contributed by atoms with Gasteiger partial charge in [0.05, 0.1) is 13.2 Å². The number of amides is 1. The number of ether oxygens (including phenoxy) is 3. The first kappa shape index (κ1) is 14.8. The highest BCUT2D eigenvalue weighted by molar-refractivity contribution is 5.77. The topological polar surface area (TPSA) is 48.0 Å². The fourth-order valence-electron chi connectivity index (χ4n) is 2.82. The van der Waals surface area contributed by atoms with Gasteiger partial charge in [0.1, 0.15) is 6.61 Å².